The van der Waals surface area contributed by atoms with Crippen LogP contribution >= 0.6 is 11.3 Å². The number of aromatic nitrogens is 1. The molecule has 4 rings (SSSR count). The van der Waals surface area contributed by atoms with Crippen LogP contribution < -0.4 is 5.73 Å². The number of nitrogens with zero attached hydrogens (tertiary/aromatic N) is 2. The molecule has 2 N–H and O–H groups in total. The first-order valence-corrected chi connectivity index (χ1v) is 8.73. The molecule has 0 spiro atoms. The highest BCUT2D eigenvalue weighted by Crippen LogP contribution is 2.48. The van der Waals surface area contributed by atoms with Crippen LogP contribution in [-0.4, -0.2) is 33.8 Å². The molecule has 1 aromatic heterocycles. The van der Waals surface area contributed by atoms with Crippen molar-refractivity contribution in [2.75, 3.05) is 0 Å². The molecule has 5 nitrogen and oxygen atoms in total. The minimum atomic E-state index is -0.986. The zero-order chi connectivity index (χ0) is 17.9. The van der Waals surface area contributed by atoms with Gasteiger partial charge in [-0.25, -0.2) is 13.8 Å². The third kappa shape index (κ3) is 2.60. The van der Waals surface area contributed by atoms with E-state index in [9.17, 15) is 18.4 Å². The van der Waals surface area contributed by atoms with E-state index in [4.69, 9.17) is 5.73 Å². The number of carbonyl (C=O) groups is 2. The fourth-order valence-electron chi connectivity index (χ4n) is 3.53. The largest absolute Gasteiger partial charge is 0.368 e. The molecule has 0 unspecified atom stereocenters. The Kier molecular flexibility index (Phi) is 3.61. The average molecular weight is 363 g/mol. The van der Waals surface area contributed by atoms with Crippen molar-refractivity contribution in [3.05, 3.63) is 40.5 Å². The molecule has 0 radical (unpaired) electrons. The zero-order valence-electron chi connectivity index (χ0n) is 13.3. The van der Waals surface area contributed by atoms with Gasteiger partial charge in [-0.3, -0.25) is 9.59 Å². The molecule has 0 bridgehead atoms. The Morgan fingerprint density at radius 2 is 2.04 bits per heavy atom. The second-order valence-corrected chi connectivity index (χ2v) is 7.67. The van der Waals surface area contributed by atoms with E-state index in [1.807, 2.05) is 0 Å². The lowest BCUT2D eigenvalue weighted by molar-refractivity contribution is -0.122. The highest BCUT2D eigenvalue weighted by atomic mass is 32.1. The number of fused-ring (bicyclic) bond motifs is 1. The fourth-order valence-corrected chi connectivity index (χ4v) is 4.44. The number of hydrogen-bond acceptors (Lipinski definition) is 4. The van der Waals surface area contributed by atoms with Gasteiger partial charge in [0, 0.05) is 6.04 Å². The van der Waals surface area contributed by atoms with Crippen LogP contribution in [-0.2, 0) is 4.79 Å². The molecular formula is C17H15F2N3O2S. The summed E-state index contributed by atoms with van der Waals surface area (Å²) in [6.07, 6.45) is 1.44. The quantitative estimate of drug-likeness (QED) is 0.910. The summed E-state index contributed by atoms with van der Waals surface area (Å²) in [6.45, 7) is 1.74. The molecule has 1 aliphatic carbocycles. The highest BCUT2D eigenvalue weighted by molar-refractivity contribution is 7.15. The highest BCUT2D eigenvalue weighted by Gasteiger charge is 2.56. The SMILES string of the molecule is Cc1nc(C(=O)N2[C@H](C(N)=O)C[C@@H]3C[C@@H]32)c(-c2ccc(F)c(F)c2)s1. The van der Waals surface area contributed by atoms with Gasteiger partial charge in [-0.1, -0.05) is 6.07 Å². The molecule has 3 atom stereocenters. The molecular weight excluding hydrogens is 348 g/mol. The van der Waals surface area contributed by atoms with Gasteiger partial charge in [-0.15, -0.1) is 11.3 Å². The van der Waals surface area contributed by atoms with Gasteiger partial charge in [-0.2, -0.15) is 0 Å². The molecule has 2 fully saturated rings. The Morgan fingerprint density at radius 1 is 1.28 bits per heavy atom. The van der Waals surface area contributed by atoms with Crippen LogP contribution in [0.25, 0.3) is 10.4 Å². The number of benzene rings is 1. The van der Waals surface area contributed by atoms with Gasteiger partial charge in [0.1, 0.15) is 11.7 Å². The minimum Gasteiger partial charge on any atom is -0.368 e. The van der Waals surface area contributed by atoms with E-state index in [1.165, 1.54) is 22.3 Å². The predicted molar refractivity (Wildman–Crippen MR) is 87.9 cm³/mol. The molecule has 2 aliphatic rings. The van der Waals surface area contributed by atoms with Gasteiger partial charge < -0.3 is 10.6 Å². The maximum absolute atomic E-state index is 13.6. The summed E-state index contributed by atoms with van der Waals surface area (Å²) in [7, 11) is 0. The van der Waals surface area contributed by atoms with Gasteiger partial charge >= 0.3 is 0 Å². The van der Waals surface area contributed by atoms with Crippen molar-refractivity contribution in [3.8, 4) is 10.4 Å². The van der Waals surface area contributed by atoms with Crippen molar-refractivity contribution < 1.29 is 18.4 Å². The van der Waals surface area contributed by atoms with Gasteiger partial charge in [0.25, 0.3) is 5.91 Å². The minimum absolute atomic E-state index is 0.0183. The molecule has 1 aliphatic heterocycles. The van der Waals surface area contributed by atoms with Crippen molar-refractivity contribution in [2.24, 2.45) is 11.7 Å². The number of hydrogen-bond donors (Lipinski definition) is 1. The summed E-state index contributed by atoms with van der Waals surface area (Å²) < 4.78 is 26.8. The van der Waals surface area contributed by atoms with Crippen molar-refractivity contribution in [1.29, 1.82) is 0 Å². The third-order valence-electron chi connectivity index (χ3n) is 4.79. The Hall–Kier alpha value is -2.35. The van der Waals surface area contributed by atoms with Crippen LogP contribution in [0.15, 0.2) is 18.2 Å². The van der Waals surface area contributed by atoms with Crippen molar-refractivity contribution in [1.82, 2.24) is 9.88 Å². The van der Waals surface area contributed by atoms with Crippen LogP contribution in [0.1, 0.15) is 28.3 Å². The molecule has 2 heterocycles. The predicted octanol–water partition coefficient (Wildman–Crippen LogP) is 2.49. The van der Waals surface area contributed by atoms with Crippen molar-refractivity contribution >= 4 is 23.2 Å². The van der Waals surface area contributed by atoms with E-state index < -0.39 is 23.6 Å². The van der Waals surface area contributed by atoms with Crippen LogP contribution in [0.3, 0.4) is 0 Å². The van der Waals surface area contributed by atoms with Crippen LogP contribution in [0.5, 0.6) is 0 Å². The van der Waals surface area contributed by atoms with Gasteiger partial charge in [0.05, 0.1) is 9.88 Å². The number of halogens is 2. The van der Waals surface area contributed by atoms with Gasteiger partial charge in [0.2, 0.25) is 5.91 Å². The smallest absolute Gasteiger partial charge is 0.274 e. The summed E-state index contributed by atoms with van der Waals surface area (Å²) in [5.41, 5.74) is 5.98. The average Bonchev–Trinajstić information content (AvgIpc) is 3.05. The Bertz CT molecular complexity index is 898. The van der Waals surface area contributed by atoms with Crippen LogP contribution in [0.2, 0.25) is 0 Å². The van der Waals surface area contributed by atoms with Crippen molar-refractivity contribution in [3.63, 3.8) is 0 Å². The maximum atomic E-state index is 13.6. The summed E-state index contributed by atoms with van der Waals surface area (Å²) in [5, 5.41) is 0.630. The van der Waals surface area contributed by atoms with E-state index in [1.54, 1.807) is 6.92 Å². The first kappa shape index (κ1) is 16.1. The molecule has 1 saturated carbocycles. The monoisotopic (exact) mass is 363 g/mol. The number of aryl methyl sites for hydroxylation is 1. The number of rotatable bonds is 3. The van der Waals surface area contributed by atoms with Crippen molar-refractivity contribution in [2.45, 2.75) is 31.8 Å². The number of carbonyl (C=O) groups excluding carboxylic acids is 2. The van der Waals surface area contributed by atoms with E-state index >= 15 is 0 Å². The standard InChI is InChI=1S/C17H15F2N3O2S/c1-7-21-14(15(25-7)8-2-3-10(18)11(19)4-8)17(24)22-12-5-9(12)6-13(22)16(20)23/h2-4,9,12-13H,5-6H2,1H3,(H2,20,23)/t9-,12-,13-/m0/s1. The summed E-state index contributed by atoms with van der Waals surface area (Å²) in [4.78, 5) is 31.0. The molecule has 25 heavy (non-hydrogen) atoms. The number of nitrogens with two attached hydrogens (primary N) is 1. The normalized spacial score (nSPS) is 24.3. The zero-order valence-corrected chi connectivity index (χ0v) is 14.1. The van der Waals surface area contributed by atoms with E-state index in [-0.39, 0.29) is 17.6 Å². The molecule has 130 valence electrons. The lowest BCUT2D eigenvalue weighted by Crippen LogP contribution is -2.46. The van der Waals surface area contributed by atoms with E-state index in [0.717, 1.165) is 18.6 Å². The summed E-state index contributed by atoms with van der Waals surface area (Å²) >= 11 is 1.23. The number of piperidine rings is 1. The lowest BCUT2D eigenvalue weighted by atomic mass is 10.1. The second-order valence-electron chi connectivity index (χ2n) is 6.47. The number of likely N-dealkylation sites (tertiary alicyclic amines) is 1. The molecule has 2 aromatic rings. The Morgan fingerprint density at radius 3 is 2.72 bits per heavy atom. The summed E-state index contributed by atoms with van der Waals surface area (Å²) in [5.74, 6) is -2.53. The molecule has 8 heteroatoms. The maximum Gasteiger partial charge on any atom is 0.274 e. The van der Waals surface area contributed by atoms with Gasteiger partial charge in [0.15, 0.2) is 11.6 Å². The lowest BCUT2D eigenvalue weighted by Gasteiger charge is -2.24. The Labute approximate surface area is 146 Å². The first-order valence-electron chi connectivity index (χ1n) is 7.91. The molecule has 2 amide bonds. The van der Waals surface area contributed by atoms with E-state index in [0.29, 0.717) is 27.8 Å². The topological polar surface area (TPSA) is 76.3 Å². The van der Waals surface area contributed by atoms with Gasteiger partial charge in [-0.05, 0) is 43.4 Å². The van der Waals surface area contributed by atoms with Crippen LogP contribution in [0.4, 0.5) is 8.78 Å². The number of primary amides is 1. The molecule has 1 aromatic carbocycles. The second kappa shape index (κ2) is 5.59. The first-order chi connectivity index (χ1) is 11.9. The number of thiazole rings is 1. The third-order valence-corrected chi connectivity index (χ3v) is 5.81. The van der Waals surface area contributed by atoms with E-state index in [2.05, 4.69) is 4.98 Å². The number of amides is 2. The fraction of sp³-hybridized carbons (Fsp3) is 0.353. The molecule has 1 saturated heterocycles. The summed E-state index contributed by atoms with van der Waals surface area (Å²) in [6, 6.07) is 2.87. The van der Waals surface area contributed by atoms with Crippen LogP contribution in [0, 0.1) is 24.5 Å². The Balaban J connectivity index is 1.74.